The normalized spacial score (nSPS) is 19.2. The fourth-order valence-electron chi connectivity index (χ4n) is 4.26. The van der Waals surface area contributed by atoms with E-state index < -0.39 is 0 Å². The lowest BCUT2D eigenvalue weighted by Gasteiger charge is -2.39. The summed E-state index contributed by atoms with van der Waals surface area (Å²) in [4.78, 5) is 27.2. The molecule has 1 fully saturated rings. The molecule has 0 saturated heterocycles. The Kier molecular flexibility index (Phi) is 5.45. The maximum atomic E-state index is 12.7. The number of nitrogens with one attached hydrogen (secondary N) is 1. The number of amides is 2. The second kappa shape index (κ2) is 7.59. The Hall–Kier alpha value is -1.84. The summed E-state index contributed by atoms with van der Waals surface area (Å²) >= 11 is 0. The van der Waals surface area contributed by atoms with E-state index in [-0.39, 0.29) is 17.2 Å². The molecule has 0 atom stereocenters. The summed E-state index contributed by atoms with van der Waals surface area (Å²) in [5.41, 5.74) is 1.89. The summed E-state index contributed by atoms with van der Waals surface area (Å²) in [5, 5.41) is 3.07. The van der Waals surface area contributed by atoms with Crippen molar-refractivity contribution in [1.82, 2.24) is 10.2 Å². The van der Waals surface area contributed by atoms with Crippen molar-refractivity contribution in [2.75, 3.05) is 13.1 Å². The van der Waals surface area contributed by atoms with Crippen LogP contribution in [0.3, 0.4) is 0 Å². The molecule has 0 aromatic heterocycles. The second-order valence-corrected chi connectivity index (χ2v) is 8.25. The van der Waals surface area contributed by atoms with E-state index in [1.807, 2.05) is 29.2 Å². The van der Waals surface area contributed by atoms with Gasteiger partial charge in [-0.3, -0.25) is 9.59 Å². The highest BCUT2D eigenvalue weighted by Gasteiger charge is 2.39. The van der Waals surface area contributed by atoms with Crippen molar-refractivity contribution in [1.29, 1.82) is 0 Å². The van der Waals surface area contributed by atoms with Crippen molar-refractivity contribution in [3.05, 3.63) is 35.4 Å². The lowest BCUT2D eigenvalue weighted by Crippen LogP contribution is -2.43. The van der Waals surface area contributed by atoms with Gasteiger partial charge >= 0.3 is 0 Å². The highest BCUT2D eigenvalue weighted by Crippen LogP contribution is 2.41. The Morgan fingerprint density at radius 2 is 1.92 bits per heavy atom. The predicted molar refractivity (Wildman–Crippen MR) is 99.2 cm³/mol. The topological polar surface area (TPSA) is 49.4 Å². The molecule has 136 valence electrons. The summed E-state index contributed by atoms with van der Waals surface area (Å²) in [6.07, 6.45) is 6.19. The molecule has 0 spiro atoms. The molecular weight excluding hydrogens is 312 g/mol. The molecule has 2 aliphatic rings. The average Bonchev–Trinajstić information content (AvgIpc) is 2.90. The molecule has 3 rings (SSSR count). The first-order valence-electron chi connectivity index (χ1n) is 9.63. The highest BCUT2D eigenvalue weighted by atomic mass is 16.2. The Morgan fingerprint density at radius 1 is 1.20 bits per heavy atom. The second-order valence-electron chi connectivity index (χ2n) is 8.25. The van der Waals surface area contributed by atoms with Crippen LogP contribution in [0.4, 0.5) is 0 Å². The van der Waals surface area contributed by atoms with Crippen LogP contribution in [0.2, 0.25) is 0 Å². The van der Waals surface area contributed by atoms with Crippen LogP contribution in [-0.2, 0) is 11.3 Å². The third kappa shape index (κ3) is 4.23. The summed E-state index contributed by atoms with van der Waals surface area (Å²) < 4.78 is 0. The Bertz CT molecular complexity index is 633. The number of fused-ring (bicyclic) bond motifs is 1. The van der Waals surface area contributed by atoms with Crippen LogP contribution in [-0.4, -0.2) is 29.8 Å². The molecule has 25 heavy (non-hydrogen) atoms. The molecule has 1 N–H and O–H groups in total. The maximum absolute atomic E-state index is 12.7. The van der Waals surface area contributed by atoms with Crippen LogP contribution < -0.4 is 5.32 Å². The van der Waals surface area contributed by atoms with Crippen LogP contribution in [0.15, 0.2) is 24.3 Å². The Labute approximate surface area is 151 Å². The first-order valence-corrected chi connectivity index (χ1v) is 9.63. The minimum atomic E-state index is -0.0585. The monoisotopic (exact) mass is 342 g/mol. The Balaban J connectivity index is 1.69. The number of nitrogens with zero attached hydrogens (tertiary/aromatic N) is 1. The van der Waals surface area contributed by atoms with E-state index in [4.69, 9.17) is 0 Å². The molecule has 1 aliphatic carbocycles. The molecule has 4 nitrogen and oxygen atoms in total. The quantitative estimate of drug-likeness (QED) is 0.856. The summed E-state index contributed by atoms with van der Waals surface area (Å²) in [6.45, 7) is 6.33. The van der Waals surface area contributed by atoms with Crippen molar-refractivity contribution in [3.63, 3.8) is 0 Å². The van der Waals surface area contributed by atoms with Gasteiger partial charge in [-0.15, -0.1) is 0 Å². The molecule has 4 heteroatoms. The fourth-order valence-corrected chi connectivity index (χ4v) is 4.26. The largest absolute Gasteiger partial charge is 0.356 e. The molecule has 1 aromatic carbocycles. The van der Waals surface area contributed by atoms with E-state index >= 15 is 0 Å². The van der Waals surface area contributed by atoms with Gasteiger partial charge in [0.25, 0.3) is 5.91 Å². The predicted octanol–water partition coefficient (Wildman–Crippen LogP) is 3.76. The van der Waals surface area contributed by atoms with Gasteiger partial charge in [0.2, 0.25) is 5.91 Å². The van der Waals surface area contributed by atoms with E-state index in [2.05, 4.69) is 19.2 Å². The molecule has 0 unspecified atom stereocenters. The number of rotatable bonds is 6. The van der Waals surface area contributed by atoms with Crippen LogP contribution in [0.1, 0.15) is 68.3 Å². The van der Waals surface area contributed by atoms with Crippen LogP contribution in [0.25, 0.3) is 0 Å². The zero-order chi connectivity index (χ0) is 17.9. The zero-order valence-corrected chi connectivity index (χ0v) is 15.5. The summed E-state index contributed by atoms with van der Waals surface area (Å²) in [7, 11) is 0. The van der Waals surface area contributed by atoms with Gasteiger partial charge in [-0.25, -0.2) is 0 Å². The van der Waals surface area contributed by atoms with Crippen molar-refractivity contribution >= 4 is 11.8 Å². The molecule has 0 bridgehead atoms. The van der Waals surface area contributed by atoms with Crippen LogP contribution >= 0.6 is 0 Å². The van der Waals surface area contributed by atoms with Gasteiger partial charge in [0, 0.05) is 31.6 Å². The minimum Gasteiger partial charge on any atom is -0.356 e. The molecule has 1 aliphatic heterocycles. The van der Waals surface area contributed by atoms with E-state index in [1.165, 1.54) is 6.42 Å². The molecule has 1 saturated carbocycles. The van der Waals surface area contributed by atoms with Crippen molar-refractivity contribution in [3.8, 4) is 0 Å². The molecule has 0 radical (unpaired) electrons. The van der Waals surface area contributed by atoms with Crippen molar-refractivity contribution < 1.29 is 9.59 Å². The van der Waals surface area contributed by atoms with Gasteiger partial charge in [-0.05, 0) is 35.8 Å². The number of carbonyl (C=O) groups excluding carboxylic acids is 2. The standard InChI is InChI=1S/C21H30N2O2/c1-16(2)13-22-19(24)12-21(10-6-3-7-11-21)15-23-14-17-8-4-5-9-18(17)20(23)25/h4-5,8-9,16H,3,6-7,10-15H2,1-2H3,(H,22,24). The number of hydrogen-bond donors (Lipinski definition) is 1. The van der Waals surface area contributed by atoms with E-state index in [1.54, 1.807) is 0 Å². The lowest BCUT2D eigenvalue weighted by atomic mass is 9.71. The third-order valence-corrected chi connectivity index (χ3v) is 5.58. The van der Waals surface area contributed by atoms with Crippen LogP contribution in [0.5, 0.6) is 0 Å². The number of benzene rings is 1. The molecule has 1 aromatic rings. The summed E-state index contributed by atoms with van der Waals surface area (Å²) in [5.74, 6) is 0.726. The van der Waals surface area contributed by atoms with Gasteiger partial charge in [0.05, 0.1) is 0 Å². The first kappa shape index (κ1) is 18.0. The molecular formula is C21H30N2O2. The van der Waals surface area contributed by atoms with E-state index in [9.17, 15) is 9.59 Å². The average molecular weight is 342 g/mol. The minimum absolute atomic E-state index is 0.0585. The maximum Gasteiger partial charge on any atom is 0.254 e. The lowest BCUT2D eigenvalue weighted by molar-refractivity contribution is -0.124. The van der Waals surface area contributed by atoms with Crippen LogP contribution in [0, 0.1) is 11.3 Å². The van der Waals surface area contributed by atoms with Gasteiger partial charge < -0.3 is 10.2 Å². The van der Waals surface area contributed by atoms with Gasteiger partial charge in [0.1, 0.15) is 0 Å². The smallest absolute Gasteiger partial charge is 0.254 e. The van der Waals surface area contributed by atoms with E-state index in [0.717, 1.165) is 43.4 Å². The first-order chi connectivity index (χ1) is 12.0. The van der Waals surface area contributed by atoms with Gasteiger partial charge in [-0.2, -0.15) is 0 Å². The number of hydrogen-bond acceptors (Lipinski definition) is 2. The van der Waals surface area contributed by atoms with Crippen molar-refractivity contribution in [2.24, 2.45) is 11.3 Å². The van der Waals surface area contributed by atoms with E-state index in [0.29, 0.717) is 25.4 Å². The molecule has 1 heterocycles. The van der Waals surface area contributed by atoms with Crippen molar-refractivity contribution in [2.45, 2.75) is 58.9 Å². The fraction of sp³-hybridized carbons (Fsp3) is 0.619. The van der Waals surface area contributed by atoms with Gasteiger partial charge in [0.15, 0.2) is 0 Å². The zero-order valence-electron chi connectivity index (χ0n) is 15.5. The SMILES string of the molecule is CC(C)CNC(=O)CC1(CN2Cc3ccccc3C2=O)CCCCC1. The van der Waals surface area contributed by atoms with Gasteiger partial charge in [-0.1, -0.05) is 51.3 Å². The summed E-state index contributed by atoms with van der Waals surface area (Å²) in [6, 6.07) is 7.87. The highest BCUT2D eigenvalue weighted by molar-refractivity contribution is 5.98. The third-order valence-electron chi connectivity index (χ3n) is 5.58. The molecule has 2 amide bonds. The Morgan fingerprint density at radius 3 is 2.60 bits per heavy atom. The number of carbonyl (C=O) groups is 2.